The molecule has 0 aliphatic rings. The first-order chi connectivity index (χ1) is 16.9. The molecule has 3 aromatic carbocycles. The molecule has 9 heteroatoms. The molecule has 0 aromatic heterocycles. The molecule has 0 atom stereocenters. The molecule has 0 bridgehead atoms. The van der Waals surface area contributed by atoms with Crippen LogP contribution in [0.25, 0.3) is 6.08 Å². The van der Waals surface area contributed by atoms with Gasteiger partial charge in [0.25, 0.3) is 5.69 Å². The number of methoxy groups -OCH3 is 4. The lowest BCUT2D eigenvalue weighted by Crippen LogP contribution is -2.27. The molecule has 0 saturated heterocycles. The zero-order valence-corrected chi connectivity index (χ0v) is 19.8. The highest BCUT2D eigenvalue weighted by atomic mass is 16.6. The van der Waals surface area contributed by atoms with Crippen LogP contribution in [0.15, 0.2) is 66.7 Å². The van der Waals surface area contributed by atoms with Gasteiger partial charge in [0, 0.05) is 18.2 Å². The SMILES string of the molecule is COc1ccc(C(NC(=O)/C=C/c2cccc([N+](=O)[O-])c2)c2ccc(OC)c(OC)c2)cc1OC. The molecule has 3 rings (SSSR count). The van der Waals surface area contributed by atoms with E-state index in [4.69, 9.17) is 18.9 Å². The van der Waals surface area contributed by atoms with E-state index in [9.17, 15) is 14.9 Å². The van der Waals surface area contributed by atoms with Gasteiger partial charge in [0.05, 0.1) is 39.4 Å². The normalized spacial score (nSPS) is 10.8. The second-order valence-electron chi connectivity index (χ2n) is 7.36. The van der Waals surface area contributed by atoms with Crippen LogP contribution in [0, 0.1) is 10.1 Å². The van der Waals surface area contributed by atoms with Crippen molar-refractivity contribution in [3.8, 4) is 23.0 Å². The third-order valence-electron chi connectivity index (χ3n) is 5.28. The third kappa shape index (κ3) is 6.08. The Balaban J connectivity index is 1.96. The number of nitrogens with zero attached hydrogens (tertiary/aromatic N) is 1. The van der Waals surface area contributed by atoms with Gasteiger partial charge >= 0.3 is 0 Å². The summed E-state index contributed by atoms with van der Waals surface area (Å²) < 4.78 is 21.5. The van der Waals surface area contributed by atoms with Gasteiger partial charge in [0.1, 0.15) is 0 Å². The van der Waals surface area contributed by atoms with Crippen LogP contribution >= 0.6 is 0 Å². The van der Waals surface area contributed by atoms with Crippen LogP contribution in [0.3, 0.4) is 0 Å². The number of non-ortho nitro benzene ring substituents is 1. The summed E-state index contributed by atoms with van der Waals surface area (Å²) in [4.78, 5) is 23.4. The molecule has 9 nitrogen and oxygen atoms in total. The highest BCUT2D eigenvalue weighted by Gasteiger charge is 2.20. The number of carbonyl (C=O) groups is 1. The average Bonchev–Trinajstić information content (AvgIpc) is 2.89. The van der Waals surface area contributed by atoms with Crippen LogP contribution in [0.1, 0.15) is 22.7 Å². The van der Waals surface area contributed by atoms with Gasteiger partial charge in [-0.1, -0.05) is 24.3 Å². The lowest BCUT2D eigenvalue weighted by molar-refractivity contribution is -0.384. The molecule has 1 amide bonds. The Hall–Kier alpha value is -4.53. The Morgan fingerprint density at radius 2 is 1.37 bits per heavy atom. The summed E-state index contributed by atoms with van der Waals surface area (Å²) in [6.07, 6.45) is 2.84. The molecule has 0 saturated carbocycles. The summed E-state index contributed by atoms with van der Waals surface area (Å²) in [7, 11) is 6.16. The van der Waals surface area contributed by atoms with Crippen molar-refractivity contribution in [1.29, 1.82) is 0 Å². The quantitative estimate of drug-likeness (QED) is 0.259. The Morgan fingerprint density at radius 3 is 1.86 bits per heavy atom. The van der Waals surface area contributed by atoms with E-state index in [2.05, 4.69) is 5.32 Å². The predicted octanol–water partition coefficient (Wildman–Crippen LogP) is 4.55. The second-order valence-corrected chi connectivity index (χ2v) is 7.36. The fraction of sp³-hybridized carbons (Fsp3) is 0.192. The van der Waals surface area contributed by atoms with Crippen LogP contribution in [0.2, 0.25) is 0 Å². The van der Waals surface area contributed by atoms with E-state index in [-0.39, 0.29) is 5.69 Å². The van der Waals surface area contributed by atoms with Gasteiger partial charge in [-0.3, -0.25) is 14.9 Å². The number of carbonyl (C=O) groups excluding carboxylic acids is 1. The van der Waals surface area contributed by atoms with Gasteiger partial charge in [0.15, 0.2) is 23.0 Å². The zero-order chi connectivity index (χ0) is 25.4. The van der Waals surface area contributed by atoms with Crippen molar-refractivity contribution in [2.75, 3.05) is 28.4 Å². The van der Waals surface area contributed by atoms with E-state index in [0.29, 0.717) is 28.6 Å². The molecule has 0 aliphatic carbocycles. The first-order valence-corrected chi connectivity index (χ1v) is 10.6. The number of nitrogens with one attached hydrogen (secondary N) is 1. The maximum absolute atomic E-state index is 12.9. The molecule has 0 radical (unpaired) electrons. The maximum Gasteiger partial charge on any atom is 0.270 e. The number of nitro benzene ring substituents is 1. The number of amides is 1. The smallest absolute Gasteiger partial charge is 0.270 e. The number of ether oxygens (including phenoxy) is 4. The van der Waals surface area contributed by atoms with Gasteiger partial charge in [0.2, 0.25) is 5.91 Å². The predicted molar refractivity (Wildman–Crippen MR) is 131 cm³/mol. The topological polar surface area (TPSA) is 109 Å². The van der Waals surface area contributed by atoms with Crippen molar-refractivity contribution in [3.63, 3.8) is 0 Å². The Morgan fingerprint density at radius 1 is 0.829 bits per heavy atom. The number of benzene rings is 3. The first kappa shape index (κ1) is 25.1. The van der Waals surface area contributed by atoms with Crippen molar-refractivity contribution < 1.29 is 28.7 Å². The number of rotatable bonds is 10. The maximum atomic E-state index is 12.9. The summed E-state index contributed by atoms with van der Waals surface area (Å²) in [6, 6.07) is 16.2. The van der Waals surface area contributed by atoms with Gasteiger partial charge in [-0.15, -0.1) is 0 Å². The fourth-order valence-corrected chi connectivity index (χ4v) is 3.53. The molecular weight excluding hydrogens is 452 g/mol. The van der Waals surface area contributed by atoms with Gasteiger partial charge in [-0.25, -0.2) is 0 Å². The summed E-state index contributed by atoms with van der Waals surface area (Å²) in [5.74, 6) is 1.73. The summed E-state index contributed by atoms with van der Waals surface area (Å²) in [6.45, 7) is 0. The largest absolute Gasteiger partial charge is 0.493 e. The monoisotopic (exact) mass is 478 g/mol. The lowest BCUT2D eigenvalue weighted by Gasteiger charge is -2.21. The van der Waals surface area contributed by atoms with E-state index >= 15 is 0 Å². The molecule has 0 spiro atoms. The van der Waals surface area contributed by atoms with Crippen molar-refractivity contribution in [3.05, 3.63) is 93.5 Å². The number of hydrogen-bond acceptors (Lipinski definition) is 7. The van der Waals surface area contributed by atoms with E-state index in [1.54, 1.807) is 50.6 Å². The van der Waals surface area contributed by atoms with E-state index in [1.165, 1.54) is 38.5 Å². The van der Waals surface area contributed by atoms with Crippen LogP contribution in [-0.2, 0) is 4.79 Å². The molecule has 0 fully saturated rings. The Bertz CT molecular complexity index is 1180. The standard InChI is InChI=1S/C26H26N2O7/c1-32-21-11-9-18(15-23(21)34-3)26(19-10-12-22(33-2)24(16-19)35-4)27-25(29)13-8-17-6-5-7-20(14-17)28(30)31/h5-16,26H,1-4H3,(H,27,29)/b13-8+. The second kappa shape index (κ2) is 11.6. The minimum absolute atomic E-state index is 0.0545. The molecule has 0 aliphatic heterocycles. The van der Waals surface area contributed by atoms with Crippen LogP contribution in [0.5, 0.6) is 23.0 Å². The van der Waals surface area contributed by atoms with E-state index in [1.807, 2.05) is 12.1 Å². The molecule has 3 aromatic rings. The summed E-state index contributed by atoms with van der Waals surface area (Å²) >= 11 is 0. The lowest BCUT2D eigenvalue weighted by atomic mass is 9.97. The highest BCUT2D eigenvalue weighted by molar-refractivity contribution is 5.92. The average molecular weight is 479 g/mol. The first-order valence-electron chi connectivity index (χ1n) is 10.6. The molecule has 1 N–H and O–H groups in total. The van der Waals surface area contributed by atoms with Crippen LogP contribution in [0.4, 0.5) is 5.69 Å². The van der Waals surface area contributed by atoms with Crippen LogP contribution in [-0.4, -0.2) is 39.3 Å². The van der Waals surface area contributed by atoms with Gasteiger partial charge in [-0.2, -0.15) is 0 Å². The Labute approximate surface area is 203 Å². The molecule has 0 unspecified atom stereocenters. The minimum atomic E-state index is -0.572. The number of hydrogen-bond donors (Lipinski definition) is 1. The Kier molecular flexibility index (Phi) is 8.29. The van der Waals surface area contributed by atoms with Crippen molar-refractivity contribution in [1.82, 2.24) is 5.32 Å². The minimum Gasteiger partial charge on any atom is -0.493 e. The highest BCUT2D eigenvalue weighted by Crippen LogP contribution is 2.35. The molecule has 182 valence electrons. The van der Waals surface area contributed by atoms with Gasteiger partial charge in [-0.05, 0) is 47.0 Å². The van der Waals surface area contributed by atoms with E-state index in [0.717, 1.165) is 11.1 Å². The fourth-order valence-electron chi connectivity index (χ4n) is 3.53. The van der Waals surface area contributed by atoms with Crippen molar-refractivity contribution in [2.45, 2.75) is 6.04 Å². The summed E-state index contributed by atoms with van der Waals surface area (Å²) in [5.41, 5.74) is 1.96. The van der Waals surface area contributed by atoms with Crippen molar-refractivity contribution >= 4 is 17.7 Å². The van der Waals surface area contributed by atoms with E-state index < -0.39 is 16.9 Å². The summed E-state index contributed by atoms with van der Waals surface area (Å²) in [5, 5.41) is 14.0. The van der Waals surface area contributed by atoms with Crippen molar-refractivity contribution in [2.24, 2.45) is 0 Å². The molecule has 35 heavy (non-hydrogen) atoms. The molecular formula is C26H26N2O7. The zero-order valence-electron chi connectivity index (χ0n) is 19.8. The third-order valence-corrected chi connectivity index (χ3v) is 5.28. The molecule has 0 heterocycles. The van der Waals surface area contributed by atoms with Crippen LogP contribution < -0.4 is 24.3 Å². The van der Waals surface area contributed by atoms with Gasteiger partial charge < -0.3 is 24.3 Å². The number of nitro groups is 1.